The van der Waals surface area contributed by atoms with Crippen molar-refractivity contribution in [2.45, 2.75) is 30.0 Å². The summed E-state index contributed by atoms with van der Waals surface area (Å²) in [5.41, 5.74) is -10.1. The molecule has 4 heterocycles. The van der Waals surface area contributed by atoms with Crippen LogP contribution in [0.4, 0.5) is 39.5 Å². The zero-order valence-electron chi connectivity index (χ0n) is 19.8. The summed E-state index contributed by atoms with van der Waals surface area (Å²) >= 11 is 0. The molecule has 5 rings (SSSR count). The van der Waals surface area contributed by atoms with Gasteiger partial charge in [0, 0.05) is 17.3 Å². The van der Waals surface area contributed by atoms with E-state index >= 15 is 4.39 Å². The molecule has 3 aliphatic heterocycles. The molecule has 7 nitrogen and oxygen atoms in total. The first-order valence-corrected chi connectivity index (χ1v) is 13.2. The number of pyridine rings is 1. The highest BCUT2D eigenvalue weighted by atomic mass is 32.2. The van der Waals surface area contributed by atoms with E-state index in [1.807, 2.05) is 0 Å². The normalized spacial score (nSPS) is 24.1. The molecule has 0 spiro atoms. The average Bonchev–Trinajstić information content (AvgIpc) is 3.28. The number of oxime groups is 1. The van der Waals surface area contributed by atoms with Gasteiger partial charge in [-0.05, 0) is 24.3 Å². The summed E-state index contributed by atoms with van der Waals surface area (Å²) in [4.78, 5) is 21.8. The van der Waals surface area contributed by atoms with Gasteiger partial charge in [0.15, 0.2) is 27.1 Å². The topological polar surface area (TPSA) is 88.9 Å². The predicted molar refractivity (Wildman–Crippen MR) is 117 cm³/mol. The maximum Gasteiger partial charge on any atom is 0.435 e. The highest BCUT2D eigenvalue weighted by molar-refractivity contribution is 7.92. The predicted octanol–water partition coefficient (Wildman–Crippen LogP) is 4.01. The molecular weight excluding hydrogens is 585 g/mol. The fourth-order valence-corrected chi connectivity index (χ4v) is 6.17. The Kier molecular flexibility index (Phi) is 6.21. The van der Waals surface area contributed by atoms with Gasteiger partial charge in [-0.25, -0.2) is 21.6 Å². The number of hydrogen-bond donors (Lipinski definition) is 0. The fraction of sp³-hybridized carbons (Fsp3) is 0.435. The Morgan fingerprint density at radius 1 is 1.05 bits per heavy atom. The van der Waals surface area contributed by atoms with E-state index in [0.29, 0.717) is 0 Å². The summed E-state index contributed by atoms with van der Waals surface area (Å²) in [5.74, 6) is -6.45. The van der Waals surface area contributed by atoms with Crippen molar-refractivity contribution >= 4 is 21.5 Å². The van der Waals surface area contributed by atoms with Crippen LogP contribution in [0, 0.1) is 17.6 Å². The Morgan fingerprint density at radius 3 is 2.23 bits per heavy atom. The van der Waals surface area contributed by atoms with E-state index in [1.165, 1.54) is 0 Å². The Labute approximate surface area is 219 Å². The molecule has 1 atom stereocenters. The molecule has 0 N–H and O–H groups in total. The van der Waals surface area contributed by atoms with Crippen molar-refractivity contribution in [3.8, 4) is 0 Å². The van der Waals surface area contributed by atoms with Gasteiger partial charge in [0.2, 0.25) is 5.91 Å². The molecule has 1 unspecified atom stereocenters. The smallest absolute Gasteiger partial charge is 0.374 e. The van der Waals surface area contributed by atoms with Gasteiger partial charge in [0.05, 0.1) is 53.9 Å². The Morgan fingerprint density at radius 2 is 1.70 bits per heavy atom. The lowest BCUT2D eigenvalue weighted by Gasteiger charge is -2.46. The van der Waals surface area contributed by atoms with Crippen LogP contribution in [-0.2, 0) is 36.9 Å². The van der Waals surface area contributed by atoms with Crippen LogP contribution >= 0.6 is 0 Å². The van der Waals surface area contributed by atoms with Gasteiger partial charge in [0.1, 0.15) is 0 Å². The quantitative estimate of drug-likeness (QED) is 0.495. The fourth-order valence-electron chi connectivity index (χ4n) is 4.76. The Balaban J connectivity index is 1.34. The lowest BCUT2D eigenvalue weighted by molar-refractivity contribution is -0.276. The van der Waals surface area contributed by atoms with Crippen molar-refractivity contribution in [3.05, 3.63) is 64.5 Å². The highest BCUT2D eigenvalue weighted by Gasteiger charge is 2.63. The van der Waals surface area contributed by atoms with Crippen LogP contribution in [0.1, 0.15) is 28.8 Å². The van der Waals surface area contributed by atoms with Crippen LogP contribution in [0.15, 0.2) is 35.6 Å². The lowest BCUT2D eigenvalue weighted by Crippen LogP contribution is -2.62. The first-order valence-electron chi connectivity index (χ1n) is 11.4. The van der Waals surface area contributed by atoms with Gasteiger partial charge < -0.3 is 9.74 Å². The van der Waals surface area contributed by atoms with Gasteiger partial charge in [0.25, 0.3) is 5.60 Å². The summed E-state index contributed by atoms with van der Waals surface area (Å²) in [6.07, 6.45) is -11.2. The van der Waals surface area contributed by atoms with Crippen LogP contribution in [0.5, 0.6) is 0 Å². The third-order valence-corrected chi connectivity index (χ3v) is 8.82. The number of benzene rings is 1. The molecular formula is C23H16F9N3O4S. The zero-order valence-corrected chi connectivity index (χ0v) is 20.6. The third-order valence-electron chi connectivity index (χ3n) is 7.00. The van der Waals surface area contributed by atoms with Crippen molar-refractivity contribution in [3.63, 3.8) is 0 Å². The first kappa shape index (κ1) is 28.2. The SMILES string of the molecule is O=C(C1CS(=O)(=O)C1)N1CC(F)(c2ccc(C3=NOC(c4cc(F)c(F)c(C(F)(F)F)c4)(C(F)(F)F)C3)cn2)C1. The minimum Gasteiger partial charge on any atom is -0.374 e. The number of rotatable bonds is 4. The van der Waals surface area contributed by atoms with Crippen molar-refractivity contribution in [1.82, 2.24) is 9.88 Å². The number of hydrogen-bond acceptors (Lipinski definition) is 6. The summed E-state index contributed by atoms with van der Waals surface area (Å²) in [7, 11) is -3.27. The molecule has 1 amide bonds. The molecule has 0 aliphatic carbocycles. The molecule has 0 radical (unpaired) electrons. The zero-order chi connectivity index (χ0) is 29.5. The molecule has 0 saturated carbocycles. The lowest BCUT2D eigenvalue weighted by atomic mass is 9.85. The monoisotopic (exact) mass is 601 g/mol. The number of sulfone groups is 1. The van der Waals surface area contributed by atoms with E-state index in [2.05, 4.69) is 15.0 Å². The summed E-state index contributed by atoms with van der Waals surface area (Å²) in [5, 5.41) is 3.32. The molecule has 2 fully saturated rings. The van der Waals surface area contributed by atoms with Crippen molar-refractivity contribution in [2.24, 2.45) is 11.1 Å². The molecule has 40 heavy (non-hydrogen) atoms. The van der Waals surface area contributed by atoms with Gasteiger partial charge in [-0.15, -0.1) is 0 Å². The van der Waals surface area contributed by atoms with Crippen molar-refractivity contribution in [1.29, 1.82) is 0 Å². The van der Waals surface area contributed by atoms with Crippen molar-refractivity contribution < 1.29 is 57.6 Å². The van der Waals surface area contributed by atoms with E-state index in [1.54, 1.807) is 0 Å². The highest BCUT2D eigenvalue weighted by Crippen LogP contribution is 2.50. The molecule has 2 aromatic rings. The number of likely N-dealkylation sites (tertiary alicyclic amines) is 1. The second-order valence-electron chi connectivity index (χ2n) is 9.81. The van der Waals surface area contributed by atoms with Crippen molar-refractivity contribution in [2.75, 3.05) is 24.6 Å². The molecule has 216 valence electrons. The second kappa shape index (κ2) is 8.81. The molecule has 0 bridgehead atoms. The van der Waals surface area contributed by atoms with Gasteiger partial charge in [-0.2, -0.15) is 26.3 Å². The third kappa shape index (κ3) is 4.56. The second-order valence-corrected chi connectivity index (χ2v) is 12.0. The molecule has 2 saturated heterocycles. The summed E-state index contributed by atoms with van der Waals surface area (Å²) in [6.45, 7) is -0.846. The maximum atomic E-state index is 15.3. The molecule has 1 aromatic carbocycles. The number of amides is 1. The molecule has 1 aromatic heterocycles. The number of carbonyl (C=O) groups is 1. The number of carbonyl (C=O) groups excluding carboxylic acids is 1. The Bertz CT molecular complexity index is 1510. The van der Waals surface area contributed by atoms with Crippen LogP contribution in [-0.4, -0.2) is 60.7 Å². The number of halogens is 9. The molecule has 17 heteroatoms. The first-order chi connectivity index (χ1) is 18.4. The summed E-state index contributed by atoms with van der Waals surface area (Å²) < 4.78 is 147. The summed E-state index contributed by atoms with van der Waals surface area (Å²) in [6, 6.07) is 2.00. The number of nitrogens with zero attached hydrogens (tertiary/aromatic N) is 3. The Hall–Kier alpha value is -3.37. The minimum atomic E-state index is -5.50. The van der Waals surface area contributed by atoms with E-state index in [9.17, 15) is 48.3 Å². The van der Waals surface area contributed by atoms with E-state index in [4.69, 9.17) is 0 Å². The number of aromatic nitrogens is 1. The van der Waals surface area contributed by atoms with Gasteiger partial charge in [-0.1, -0.05) is 5.16 Å². The minimum absolute atomic E-state index is 0.0482. The van der Waals surface area contributed by atoms with Crippen LogP contribution in [0.3, 0.4) is 0 Å². The van der Waals surface area contributed by atoms with Gasteiger partial charge in [-0.3, -0.25) is 9.78 Å². The average molecular weight is 601 g/mol. The largest absolute Gasteiger partial charge is 0.435 e. The van der Waals surface area contributed by atoms with Crippen LogP contribution in [0.2, 0.25) is 0 Å². The maximum absolute atomic E-state index is 15.3. The van der Waals surface area contributed by atoms with Gasteiger partial charge >= 0.3 is 12.4 Å². The van der Waals surface area contributed by atoms with E-state index < -0.39 is 93.3 Å². The molecule has 3 aliphatic rings. The standard InChI is InChI=1S/C23H16F9N3O4S/c24-15-4-13(3-14(18(15)25)22(27,28)29)21(23(30,31)32)5-16(34-39-21)11-1-2-17(33-6-11)20(26)9-35(10-20)19(36)12-7-40(37,38)8-12/h1-4,6,12H,5,7-10H2. The van der Waals surface area contributed by atoms with E-state index in [-0.39, 0.29) is 34.9 Å². The van der Waals surface area contributed by atoms with Crippen LogP contribution in [0.25, 0.3) is 0 Å². The number of alkyl halides is 7. The van der Waals surface area contributed by atoms with Crippen LogP contribution < -0.4 is 0 Å². The van der Waals surface area contributed by atoms with E-state index in [0.717, 1.165) is 23.2 Å².